The van der Waals surface area contributed by atoms with E-state index in [1.54, 1.807) is 14.0 Å². The number of aromatic nitrogens is 1. The zero-order chi connectivity index (χ0) is 18.2. The first-order chi connectivity index (χ1) is 12.1. The molecular formula is C18H22N2O4S. The number of hydrogen-bond donors (Lipinski definition) is 1. The first-order valence-corrected chi connectivity index (χ1v) is 9.08. The minimum Gasteiger partial charge on any atom is -0.497 e. The van der Waals surface area contributed by atoms with Crippen molar-refractivity contribution in [2.75, 3.05) is 26.0 Å². The molecule has 0 unspecified atom stereocenters. The van der Waals surface area contributed by atoms with Crippen LogP contribution in [0, 0.1) is 0 Å². The average Bonchev–Trinajstić information content (AvgIpc) is 2.63. The largest absolute Gasteiger partial charge is 0.497 e. The Balaban J connectivity index is 2.04. The molecule has 0 radical (unpaired) electrons. The SMILES string of the molecule is CCOC(=O)CNC(=O)CSc1nc2ccc(OC)cc2cc1CC. The van der Waals surface area contributed by atoms with Crippen LogP contribution < -0.4 is 10.1 Å². The maximum Gasteiger partial charge on any atom is 0.325 e. The Kier molecular flexibility index (Phi) is 7.06. The van der Waals surface area contributed by atoms with E-state index in [2.05, 4.69) is 16.4 Å². The van der Waals surface area contributed by atoms with Gasteiger partial charge < -0.3 is 14.8 Å². The van der Waals surface area contributed by atoms with Gasteiger partial charge in [0.25, 0.3) is 0 Å². The lowest BCUT2D eigenvalue weighted by atomic mass is 10.1. The summed E-state index contributed by atoms with van der Waals surface area (Å²) < 4.78 is 10.0. The van der Waals surface area contributed by atoms with Gasteiger partial charge in [0.15, 0.2) is 0 Å². The summed E-state index contributed by atoms with van der Waals surface area (Å²) in [5.41, 5.74) is 1.93. The third kappa shape index (κ3) is 5.35. The van der Waals surface area contributed by atoms with Crippen molar-refractivity contribution in [2.24, 2.45) is 0 Å². The summed E-state index contributed by atoms with van der Waals surface area (Å²) in [4.78, 5) is 27.8. The maximum absolute atomic E-state index is 11.9. The molecule has 0 aliphatic carbocycles. The van der Waals surface area contributed by atoms with Gasteiger partial charge in [0.2, 0.25) is 5.91 Å². The number of amides is 1. The molecule has 0 spiro atoms. The fourth-order valence-corrected chi connectivity index (χ4v) is 3.18. The molecule has 0 atom stereocenters. The molecule has 0 saturated carbocycles. The fraction of sp³-hybridized carbons (Fsp3) is 0.389. The number of esters is 1. The molecule has 0 aliphatic heterocycles. The van der Waals surface area contributed by atoms with Crippen molar-refractivity contribution >= 4 is 34.5 Å². The maximum atomic E-state index is 11.9. The molecule has 0 saturated heterocycles. The summed E-state index contributed by atoms with van der Waals surface area (Å²) >= 11 is 1.36. The Morgan fingerprint density at radius 3 is 2.72 bits per heavy atom. The lowest BCUT2D eigenvalue weighted by Crippen LogP contribution is -2.31. The van der Waals surface area contributed by atoms with E-state index in [9.17, 15) is 9.59 Å². The van der Waals surface area contributed by atoms with Crippen molar-refractivity contribution in [3.63, 3.8) is 0 Å². The standard InChI is InChI=1S/C18H22N2O4S/c1-4-12-8-13-9-14(23-3)6-7-15(13)20-18(12)25-11-16(21)19-10-17(22)24-5-2/h6-9H,4-5,10-11H2,1-3H3,(H,19,21). The van der Waals surface area contributed by atoms with Crippen molar-refractivity contribution in [1.82, 2.24) is 10.3 Å². The van der Waals surface area contributed by atoms with Gasteiger partial charge in [0, 0.05) is 5.39 Å². The Labute approximate surface area is 151 Å². The third-order valence-corrected chi connectivity index (χ3v) is 4.55. The van der Waals surface area contributed by atoms with Crippen LogP contribution in [0.2, 0.25) is 0 Å². The van der Waals surface area contributed by atoms with Crippen molar-refractivity contribution < 1.29 is 19.1 Å². The predicted octanol–water partition coefficient (Wildman–Crippen LogP) is 2.58. The normalized spacial score (nSPS) is 10.5. The molecule has 0 bridgehead atoms. The molecule has 7 heteroatoms. The van der Waals surface area contributed by atoms with Gasteiger partial charge in [-0.15, -0.1) is 0 Å². The topological polar surface area (TPSA) is 77.5 Å². The molecule has 1 aromatic carbocycles. The van der Waals surface area contributed by atoms with Gasteiger partial charge in [-0.05, 0) is 43.2 Å². The summed E-state index contributed by atoms with van der Waals surface area (Å²) in [6.07, 6.45) is 0.812. The minimum absolute atomic E-state index is 0.112. The van der Waals surface area contributed by atoms with Crippen molar-refractivity contribution in [1.29, 1.82) is 0 Å². The smallest absolute Gasteiger partial charge is 0.325 e. The molecular weight excluding hydrogens is 340 g/mol. The zero-order valence-corrected chi connectivity index (χ0v) is 15.4. The zero-order valence-electron chi connectivity index (χ0n) is 14.6. The van der Waals surface area contributed by atoms with E-state index in [1.165, 1.54) is 11.8 Å². The van der Waals surface area contributed by atoms with Crippen LogP contribution in [0.3, 0.4) is 0 Å². The summed E-state index contributed by atoms with van der Waals surface area (Å²) in [6, 6.07) is 7.78. The van der Waals surface area contributed by atoms with Crippen LogP contribution in [-0.2, 0) is 20.7 Å². The number of nitrogens with one attached hydrogen (secondary N) is 1. The summed E-state index contributed by atoms with van der Waals surface area (Å²) in [6.45, 7) is 3.96. The first-order valence-electron chi connectivity index (χ1n) is 8.10. The van der Waals surface area contributed by atoms with E-state index < -0.39 is 5.97 Å². The van der Waals surface area contributed by atoms with E-state index >= 15 is 0 Å². The molecule has 1 amide bonds. The molecule has 2 rings (SSSR count). The Morgan fingerprint density at radius 1 is 1.24 bits per heavy atom. The van der Waals surface area contributed by atoms with E-state index in [0.717, 1.165) is 33.7 Å². The second-order valence-corrected chi connectivity index (χ2v) is 6.20. The van der Waals surface area contributed by atoms with Crippen LogP contribution in [0.15, 0.2) is 29.3 Å². The fourth-order valence-electron chi connectivity index (χ4n) is 2.25. The van der Waals surface area contributed by atoms with Crippen LogP contribution in [-0.4, -0.2) is 42.9 Å². The summed E-state index contributed by atoms with van der Waals surface area (Å²) in [7, 11) is 1.63. The number of ether oxygens (including phenoxy) is 2. The van der Waals surface area contributed by atoms with Gasteiger partial charge in [0.1, 0.15) is 17.3 Å². The molecule has 1 N–H and O–H groups in total. The van der Waals surface area contributed by atoms with Crippen LogP contribution in [0.5, 0.6) is 5.75 Å². The van der Waals surface area contributed by atoms with Crippen LogP contribution in [0.25, 0.3) is 10.9 Å². The molecule has 2 aromatic rings. The van der Waals surface area contributed by atoms with Gasteiger partial charge >= 0.3 is 5.97 Å². The predicted molar refractivity (Wildman–Crippen MR) is 98.0 cm³/mol. The molecule has 25 heavy (non-hydrogen) atoms. The van der Waals surface area contributed by atoms with E-state index in [0.29, 0.717) is 6.61 Å². The highest BCUT2D eigenvalue weighted by Crippen LogP contribution is 2.27. The van der Waals surface area contributed by atoms with Crippen molar-refractivity contribution in [3.8, 4) is 5.75 Å². The van der Waals surface area contributed by atoms with E-state index in [4.69, 9.17) is 9.47 Å². The number of aryl methyl sites for hydroxylation is 1. The molecule has 0 fully saturated rings. The second kappa shape index (κ2) is 9.27. The lowest BCUT2D eigenvalue weighted by molar-refractivity contribution is -0.143. The number of benzene rings is 1. The molecule has 0 aliphatic rings. The summed E-state index contributed by atoms with van der Waals surface area (Å²) in [5.74, 6) is 0.320. The molecule has 6 nitrogen and oxygen atoms in total. The van der Waals surface area contributed by atoms with Crippen molar-refractivity contribution in [3.05, 3.63) is 29.8 Å². The van der Waals surface area contributed by atoms with Crippen LogP contribution in [0.4, 0.5) is 0 Å². The van der Waals surface area contributed by atoms with E-state index in [1.807, 2.05) is 25.1 Å². The number of nitrogens with zero attached hydrogens (tertiary/aromatic N) is 1. The molecule has 134 valence electrons. The number of methoxy groups -OCH3 is 1. The number of fused-ring (bicyclic) bond motifs is 1. The Bertz CT molecular complexity index is 764. The van der Waals surface area contributed by atoms with Gasteiger partial charge in [0.05, 0.1) is 25.0 Å². The molecule has 1 heterocycles. The second-order valence-electron chi connectivity index (χ2n) is 5.24. The highest BCUT2D eigenvalue weighted by molar-refractivity contribution is 7.99. The van der Waals surface area contributed by atoms with Crippen LogP contribution >= 0.6 is 11.8 Å². The Morgan fingerprint density at radius 2 is 2.04 bits per heavy atom. The summed E-state index contributed by atoms with van der Waals surface area (Å²) in [5, 5.41) is 4.38. The van der Waals surface area contributed by atoms with Gasteiger partial charge in [-0.3, -0.25) is 9.59 Å². The van der Waals surface area contributed by atoms with Crippen LogP contribution in [0.1, 0.15) is 19.4 Å². The average molecular weight is 362 g/mol. The number of thioether (sulfide) groups is 1. The van der Waals surface area contributed by atoms with Crippen molar-refractivity contribution in [2.45, 2.75) is 25.3 Å². The number of rotatable bonds is 8. The lowest BCUT2D eigenvalue weighted by Gasteiger charge is -2.10. The highest BCUT2D eigenvalue weighted by atomic mass is 32.2. The number of hydrogen-bond acceptors (Lipinski definition) is 6. The molecule has 1 aromatic heterocycles. The van der Waals surface area contributed by atoms with E-state index in [-0.39, 0.29) is 18.2 Å². The highest BCUT2D eigenvalue weighted by Gasteiger charge is 2.11. The number of carbonyl (C=O) groups excluding carboxylic acids is 2. The minimum atomic E-state index is -0.437. The Hall–Kier alpha value is -2.28. The van der Waals surface area contributed by atoms with Gasteiger partial charge in [-0.2, -0.15) is 0 Å². The van der Waals surface area contributed by atoms with Gasteiger partial charge in [-0.1, -0.05) is 18.7 Å². The van der Waals surface area contributed by atoms with Gasteiger partial charge in [-0.25, -0.2) is 4.98 Å². The first kappa shape index (κ1) is 19.1. The number of pyridine rings is 1. The number of carbonyl (C=O) groups is 2. The monoisotopic (exact) mass is 362 g/mol. The third-order valence-electron chi connectivity index (χ3n) is 3.52. The quantitative estimate of drug-likeness (QED) is 0.574.